The highest BCUT2D eigenvalue weighted by atomic mass is 35.5. The normalized spacial score (nSPS) is 22.2. The van der Waals surface area contributed by atoms with E-state index >= 15 is 0 Å². The Morgan fingerprint density at radius 2 is 2.00 bits per heavy atom. The van der Waals surface area contributed by atoms with E-state index < -0.39 is 12.0 Å². The topological polar surface area (TPSA) is 145 Å². The van der Waals surface area contributed by atoms with Gasteiger partial charge in [-0.15, -0.1) is 0 Å². The Labute approximate surface area is 219 Å². The van der Waals surface area contributed by atoms with Gasteiger partial charge in [0.15, 0.2) is 5.65 Å². The fraction of sp³-hybridized carbons (Fsp3) is 0.520. The number of hydrogen-bond acceptors (Lipinski definition) is 9. The summed E-state index contributed by atoms with van der Waals surface area (Å²) in [4.78, 5) is 31.9. The molecule has 11 nitrogen and oxygen atoms in total. The van der Waals surface area contributed by atoms with Gasteiger partial charge in [-0.3, -0.25) is 10.4 Å². The molecule has 1 amide bonds. The van der Waals surface area contributed by atoms with E-state index in [-0.39, 0.29) is 11.9 Å². The molecule has 0 unspecified atom stereocenters. The van der Waals surface area contributed by atoms with Crippen LogP contribution in [0.15, 0.2) is 18.5 Å². The zero-order chi connectivity index (χ0) is 26.1. The van der Waals surface area contributed by atoms with Gasteiger partial charge in [-0.1, -0.05) is 31.4 Å². The SMILES string of the molecule is C[C@@H]1COCCN1c1nc2nc(C(=N)OC(N)=O)nc(-c3cncc(Cl)c3)c2n1C[C@H]1CC[C@H](C)CC1. The van der Waals surface area contributed by atoms with Crippen LogP contribution in [-0.2, 0) is 16.0 Å². The zero-order valence-electron chi connectivity index (χ0n) is 21.0. The van der Waals surface area contributed by atoms with Gasteiger partial charge in [0, 0.05) is 31.0 Å². The number of carbonyl (C=O) groups is 1. The fourth-order valence-electron chi connectivity index (χ4n) is 5.20. The van der Waals surface area contributed by atoms with Crippen LogP contribution in [0, 0.1) is 17.2 Å². The van der Waals surface area contributed by atoms with Crippen LogP contribution in [-0.4, -0.2) is 62.3 Å². The summed E-state index contributed by atoms with van der Waals surface area (Å²) in [6, 6.07) is 1.88. The standard InChI is InChI=1S/C25H31ClN8O3/c1-14-3-5-16(6-4-14)12-34-20-19(17-9-18(26)11-29-10-17)30-23(21(27)37-24(28)35)31-22(20)32-25(34)33-7-8-36-13-15(33)2/h9-11,14-16,27H,3-8,12-13H2,1-2H3,(H2,28,35)/t14-,15-,16-/m1/s1. The number of imidazole rings is 1. The Hall–Kier alpha value is -3.31. The van der Waals surface area contributed by atoms with Crippen molar-refractivity contribution in [2.45, 2.75) is 52.1 Å². The molecule has 3 aromatic heterocycles. The maximum atomic E-state index is 11.3. The molecule has 1 aliphatic carbocycles. The van der Waals surface area contributed by atoms with Gasteiger partial charge in [-0.25, -0.2) is 14.8 Å². The molecule has 3 N–H and O–H groups in total. The van der Waals surface area contributed by atoms with Crippen molar-refractivity contribution >= 4 is 40.7 Å². The third kappa shape index (κ3) is 5.37. The van der Waals surface area contributed by atoms with Gasteiger partial charge in [0.1, 0.15) is 11.2 Å². The number of primary amides is 1. The summed E-state index contributed by atoms with van der Waals surface area (Å²) in [6.07, 6.45) is 6.78. The van der Waals surface area contributed by atoms with Crippen LogP contribution in [0.4, 0.5) is 10.7 Å². The minimum Gasteiger partial charge on any atom is -0.388 e. The first-order chi connectivity index (χ1) is 17.8. The second kappa shape index (κ2) is 10.6. The predicted octanol–water partition coefficient (Wildman–Crippen LogP) is 4.01. The van der Waals surface area contributed by atoms with Crippen molar-refractivity contribution in [3.63, 3.8) is 0 Å². The lowest BCUT2D eigenvalue weighted by Gasteiger charge is -2.35. The second-order valence-corrected chi connectivity index (χ2v) is 10.4. The van der Waals surface area contributed by atoms with Crippen LogP contribution in [0.3, 0.4) is 0 Å². The molecule has 196 valence electrons. The summed E-state index contributed by atoms with van der Waals surface area (Å²) in [5.41, 5.74) is 7.43. The molecule has 4 heterocycles. The Bertz CT molecular complexity index is 1320. The van der Waals surface area contributed by atoms with E-state index in [2.05, 4.69) is 38.3 Å². The number of nitrogens with two attached hydrogens (primary N) is 1. The quantitative estimate of drug-likeness (QED) is 0.374. The summed E-state index contributed by atoms with van der Waals surface area (Å²) < 4.78 is 12.7. The number of morpholine rings is 1. The molecular formula is C25H31ClN8O3. The molecule has 0 aromatic carbocycles. The first-order valence-corrected chi connectivity index (χ1v) is 13.0. The average molecular weight is 527 g/mol. The number of halogens is 1. The molecule has 0 bridgehead atoms. The van der Waals surface area contributed by atoms with Gasteiger partial charge < -0.3 is 24.7 Å². The molecule has 0 spiro atoms. The second-order valence-electron chi connectivity index (χ2n) is 9.98. The zero-order valence-corrected chi connectivity index (χ0v) is 21.7. The van der Waals surface area contributed by atoms with Crippen molar-refractivity contribution < 1.29 is 14.3 Å². The van der Waals surface area contributed by atoms with E-state index in [1.807, 2.05) is 0 Å². The molecule has 1 atom stereocenters. The third-order valence-electron chi connectivity index (χ3n) is 7.17. The van der Waals surface area contributed by atoms with Crippen LogP contribution in [0.5, 0.6) is 0 Å². The summed E-state index contributed by atoms with van der Waals surface area (Å²) in [6.45, 7) is 7.09. The number of aromatic nitrogens is 5. The maximum absolute atomic E-state index is 11.3. The van der Waals surface area contributed by atoms with Crippen molar-refractivity contribution in [3.05, 3.63) is 29.3 Å². The molecular weight excluding hydrogens is 496 g/mol. The number of carbonyl (C=O) groups excluding carboxylic acids is 1. The van der Waals surface area contributed by atoms with Crippen LogP contribution < -0.4 is 10.6 Å². The summed E-state index contributed by atoms with van der Waals surface area (Å²) >= 11 is 6.29. The Morgan fingerprint density at radius 1 is 1.22 bits per heavy atom. The van der Waals surface area contributed by atoms with Gasteiger partial charge in [-0.2, -0.15) is 4.98 Å². The van der Waals surface area contributed by atoms with Gasteiger partial charge >= 0.3 is 6.09 Å². The Balaban J connectivity index is 1.71. The molecule has 5 rings (SSSR count). The van der Waals surface area contributed by atoms with Gasteiger partial charge in [0.25, 0.3) is 5.90 Å². The van der Waals surface area contributed by atoms with E-state index in [0.29, 0.717) is 47.6 Å². The first kappa shape index (κ1) is 25.3. The highest BCUT2D eigenvalue weighted by molar-refractivity contribution is 6.30. The van der Waals surface area contributed by atoms with Crippen LogP contribution in [0.2, 0.25) is 5.02 Å². The monoisotopic (exact) mass is 526 g/mol. The number of nitrogens with zero attached hydrogens (tertiary/aromatic N) is 6. The number of hydrogen-bond donors (Lipinski definition) is 2. The summed E-state index contributed by atoms with van der Waals surface area (Å²) in [5, 5.41) is 8.65. The molecule has 12 heteroatoms. The Morgan fingerprint density at radius 3 is 2.70 bits per heavy atom. The van der Waals surface area contributed by atoms with Crippen LogP contribution in [0.1, 0.15) is 45.4 Å². The number of pyridine rings is 1. The highest BCUT2D eigenvalue weighted by Crippen LogP contribution is 2.36. The van der Waals surface area contributed by atoms with E-state index in [4.69, 9.17) is 37.2 Å². The Kier molecular flexibility index (Phi) is 7.25. The molecule has 37 heavy (non-hydrogen) atoms. The van der Waals surface area contributed by atoms with Crippen molar-refractivity contribution in [2.24, 2.45) is 17.6 Å². The largest absolute Gasteiger partial charge is 0.411 e. The summed E-state index contributed by atoms with van der Waals surface area (Å²) in [7, 11) is 0. The van der Waals surface area contributed by atoms with Crippen LogP contribution >= 0.6 is 11.6 Å². The van der Waals surface area contributed by atoms with Crippen molar-refractivity contribution in [1.29, 1.82) is 5.41 Å². The number of rotatable bonds is 5. The minimum atomic E-state index is -1.11. The average Bonchev–Trinajstić information content (AvgIpc) is 3.22. The molecule has 2 aliphatic rings. The predicted molar refractivity (Wildman–Crippen MR) is 140 cm³/mol. The number of fused-ring (bicyclic) bond motifs is 1. The van der Waals surface area contributed by atoms with E-state index in [9.17, 15) is 4.79 Å². The number of amides is 1. The van der Waals surface area contributed by atoms with Gasteiger partial charge in [0.05, 0.1) is 24.3 Å². The fourth-order valence-corrected chi connectivity index (χ4v) is 5.38. The molecule has 0 radical (unpaired) electrons. The maximum Gasteiger partial charge on any atom is 0.411 e. The lowest BCUT2D eigenvalue weighted by molar-refractivity contribution is 0.0976. The third-order valence-corrected chi connectivity index (χ3v) is 7.37. The minimum absolute atomic E-state index is 0.0982. The van der Waals surface area contributed by atoms with Crippen molar-refractivity contribution in [3.8, 4) is 11.3 Å². The van der Waals surface area contributed by atoms with Crippen molar-refractivity contribution in [2.75, 3.05) is 24.7 Å². The lowest BCUT2D eigenvalue weighted by Crippen LogP contribution is -2.45. The molecule has 1 aliphatic heterocycles. The summed E-state index contributed by atoms with van der Waals surface area (Å²) in [5.74, 6) is 1.37. The van der Waals surface area contributed by atoms with E-state index in [0.717, 1.165) is 36.8 Å². The van der Waals surface area contributed by atoms with Gasteiger partial charge in [-0.05, 0) is 37.7 Å². The smallest absolute Gasteiger partial charge is 0.388 e. The molecule has 1 saturated carbocycles. The first-order valence-electron chi connectivity index (χ1n) is 12.6. The number of nitrogens with one attached hydrogen (secondary N) is 1. The number of ether oxygens (including phenoxy) is 2. The van der Waals surface area contributed by atoms with E-state index in [1.54, 1.807) is 18.5 Å². The van der Waals surface area contributed by atoms with Crippen LogP contribution in [0.25, 0.3) is 22.4 Å². The molecule has 3 aromatic rings. The molecule has 1 saturated heterocycles. The van der Waals surface area contributed by atoms with E-state index in [1.165, 1.54) is 12.8 Å². The highest BCUT2D eigenvalue weighted by Gasteiger charge is 2.30. The number of anilines is 1. The van der Waals surface area contributed by atoms with Crippen molar-refractivity contribution in [1.82, 2.24) is 24.5 Å². The van der Waals surface area contributed by atoms with Gasteiger partial charge in [0.2, 0.25) is 11.8 Å². The molecule has 2 fully saturated rings. The lowest BCUT2D eigenvalue weighted by atomic mass is 9.83.